The van der Waals surface area contributed by atoms with E-state index in [2.05, 4.69) is 19.2 Å². The largest absolute Gasteiger partial charge is 0.352 e. The maximum absolute atomic E-state index is 10.5. The molecule has 0 saturated heterocycles. The van der Waals surface area contributed by atoms with Crippen LogP contribution in [0, 0.1) is 5.92 Å². The van der Waals surface area contributed by atoms with Crippen molar-refractivity contribution >= 4 is 6.03 Å². The average molecular weight is 142 g/mol. The minimum Gasteiger partial charge on any atom is -0.352 e. The fraction of sp³-hybridized carbons (Fsp3) is 0.857. The van der Waals surface area contributed by atoms with E-state index in [4.69, 9.17) is 5.73 Å². The molecular formula is C7H14N2O. The fourth-order valence-corrected chi connectivity index (χ4v) is 1.23. The third kappa shape index (κ3) is 1.23. The first-order valence-corrected chi connectivity index (χ1v) is 3.64. The van der Waals surface area contributed by atoms with E-state index in [0.717, 1.165) is 12.8 Å². The van der Waals surface area contributed by atoms with Crippen molar-refractivity contribution in [3.8, 4) is 0 Å². The molecule has 0 aromatic carbocycles. The Morgan fingerprint density at radius 1 is 1.60 bits per heavy atom. The van der Waals surface area contributed by atoms with E-state index < -0.39 is 6.03 Å². The van der Waals surface area contributed by atoms with Gasteiger partial charge in [0.25, 0.3) is 0 Å². The third-order valence-corrected chi connectivity index (χ3v) is 2.27. The second-order valence-corrected chi connectivity index (χ2v) is 3.30. The summed E-state index contributed by atoms with van der Waals surface area (Å²) in [6, 6.07) is -0.397. The highest BCUT2D eigenvalue weighted by Crippen LogP contribution is 2.41. The lowest BCUT2D eigenvalue weighted by atomic mass is 10.0. The van der Waals surface area contributed by atoms with Gasteiger partial charge in [0, 0.05) is 5.54 Å². The molecule has 0 bridgehead atoms. The van der Waals surface area contributed by atoms with E-state index >= 15 is 0 Å². The zero-order valence-electron chi connectivity index (χ0n) is 6.48. The normalized spacial score (nSPS) is 20.7. The number of urea groups is 1. The highest BCUT2D eigenvalue weighted by Gasteiger charge is 2.46. The first-order chi connectivity index (χ1) is 4.57. The number of primary amides is 1. The topological polar surface area (TPSA) is 55.1 Å². The van der Waals surface area contributed by atoms with Gasteiger partial charge >= 0.3 is 6.03 Å². The number of nitrogens with two attached hydrogens (primary N) is 1. The highest BCUT2D eigenvalue weighted by atomic mass is 16.2. The molecule has 1 aliphatic carbocycles. The zero-order chi connectivity index (χ0) is 7.78. The number of nitrogens with one attached hydrogen (secondary N) is 1. The summed E-state index contributed by atoms with van der Waals surface area (Å²) < 4.78 is 0. The molecule has 1 rings (SSSR count). The Labute approximate surface area is 61.0 Å². The molecule has 0 radical (unpaired) electrons. The Kier molecular flexibility index (Phi) is 1.58. The Morgan fingerprint density at radius 2 is 2.10 bits per heavy atom. The summed E-state index contributed by atoms with van der Waals surface area (Å²) in [5.74, 6) is 0.500. The molecule has 0 heterocycles. The average Bonchev–Trinajstić information content (AvgIpc) is 2.46. The van der Waals surface area contributed by atoms with Crippen LogP contribution in [0.1, 0.15) is 26.7 Å². The molecule has 0 unspecified atom stereocenters. The van der Waals surface area contributed by atoms with Crippen LogP contribution < -0.4 is 11.1 Å². The molecule has 1 aliphatic rings. The van der Waals surface area contributed by atoms with Gasteiger partial charge in [-0.2, -0.15) is 0 Å². The molecule has 3 nitrogen and oxygen atoms in total. The fourth-order valence-electron chi connectivity index (χ4n) is 1.23. The smallest absolute Gasteiger partial charge is 0.312 e. The number of rotatable bonds is 2. The van der Waals surface area contributed by atoms with Gasteiger partial charge in [0.1, 0.15) is 0 Å². The lowest BCUT2D eigenvalue weighted by molar-refractivity contribution is 0.239. The van der Waals surface area contributed by atoms with Gasteiger partial charge in [0.05, 0.1) is 0 Å². The van der Waals surface area contributed by atoms with Crippen LogP contribution in [0.3, 0.4) is 0 Å². The Bertz CT molecular complexity index is 150. The second kappa shape index (κ2) is 2.15. The molecule has 1 saturated carbocycles. The standard InChI is InChI=1S/C7H14N2O/c1-5(2)7(3-4-7)9-6(8)10/h5H,3-4H2,1-2H3,(H3,8,9,10). The van der Waals surface area contributed by atoms with Gasteiger partial charge in [-0.3, -0.25) is 0 Å². The summed E-state index contributed by atoms with van der Waals surface area (Å²) in [6.45, 7) is 4.20. The minimum atomic E-state index is -0.397. The van der Waals surface area contributed by atoms with Gasteiger partial charge in [-0.25, -0.2) is 4.79 Å². The molecule has 0 spiro atoms. The van der Waals surface area contributed by atoms with Crippen molar-refractivity contribution in [2.45, 2.75) is 32.2 Å². The van der Waals surface area contributed by atoms with Crippen LogP contribution in [0.5, 0.6) is 0 Å². The molecule has 10 heavy (non-hydrogen) atoms. The first kappa shape index (κ1) is 7.38. The number of hydrogen-bond donors (Lipinski definition) is 2. The third-order valence-electron chi connectivity index (χ3n) is 2.27. The number of carbonyl (C=O) groups excluding carboxylic acids is 1. The summed E-state index contributed by atoms with van der Waals surface area (Å²) in [7, 11) is 0. The van der Waals surface area contributed by atoms with Crippen LogP contribution in [0.25, 0.3) is 0 Å². The summed E-state index contributed by atoms with van der Waals surface area (Å²) in [4.78, 5) is 10.5. The second-order valence-electron chi connectivity index (χ2n) is 3.30. The van der Waals surface area contributed by atoms with E-state index in [1.54, 1.807) is 0 Å². The Hall–Kier alpha value is -0.730. The monoisotopic (exact) mass is 142 g/mol. The molecule has 3 N–H and O–H groups in total. The van der Waals surface area contributed by atoms with E-state index in [-0.39, 0.29) is 5.54 Å². The van der Waals surface area contributed by atoms with Gasteiger partial charge < -0.3 is 11.1 Å². The molecular weight excluding hydrogens is 128 g/mol. The lowest BCUT2D eigenvalue weighted by Crippen LogP contribution is -2.43. The van der Waals surface area contributed by atoms with Gasteiger partial charge in [-0.1, -0.05) is 13.8 Å². The lowest BCUT2D eigenvalue weighted by Gasteiger charge is -2.19. The zero-order valence-corrected chi connectivity index (χ0v) is 6.48. The number of hydrogen-bond acceptors (Lipinski definition) is 1. The number of amides is 2. The highest BCUT2D eigenvalue weighted by molar-refractivity contribution is 5.73. The maximum Gasteiger partial charge on any atom is 0.312 e. The molecule has 3 heteroatoms. The van der Waals surface area contributed by atoms with Gasteiger partial charge in [0.15, 0.2) is 0 Å². The van der Waals surface area contributed by atoms with Crippen molar-refractivity contribution in [2.75, 3.05) is 0 Å². The molecule has 2 amide bonds. The molecule has 0 atom stereocenters. The van der Waals surface area contributed by atoms with Crippen molar-refractivity contribution in [3.05, 3.63) is 0 Å². The maximum atomic E-state index is 10.5. The molecule has 0 aromatic rings. The van der Waals surface area contributed by atoms with Gasteiger partial charge in [-0.15, -0.1) is 0 Å². The molecule has 58 valence electrons. The van der Waals surface area contributed by atoms with E-state index in [0.29, 0.717) is 5.92 Å². The van der Waals surface area contributed by atoms with E-state index in [9.17, 15) is 4.79 Å². The van der Waals surface area contributed by atoms with Crippen LogP contribution in [0.15, 0.2) is 0 Å². The van der Waals surface area contributed by atoms with Crippen molar-refractivity contribution in [1.29, 1.82) is 0 Å². The molecule has 0 aromatic heterocycles. The van der Waals surface area contributed by atoms with Crippen molar-refractivity contribution < 1.29 is 4.79 Å². The Morgan fingerprint density at radius 3 is 2.20 bits per heavy atom. The van der Waals surface area contributed by atoms with Crippen molar-refractivity contribution in [2.24, 2.45) is 11.7 Å². The Balaban J connectivity index is 2.45. The first-order valence-electron chi connectivity index (χ1n) is 3.64. The van der Waals surface area contributed by atoms with Crippen LogP contribution in [-0.2, 0) is 0 Å². The minimum absolute atomic E-state index is 0.0475. The summed E-state index contributed by atoms with van der Waals surface area (Å²) >= 11 is 0. The predicted octanol–water partition coefficient (Wildman–Crippen LogP) is 0.843. The number of carbonyl (C=O) groups is 1. The van der Waals surface area contributed by atoms with Crippen molar-refractivity contribution in [3.63, 3.8) is 0 Å². The molecule has 1 fully saturated rings. The predicted molar refractivity (Wildman–Crippen MR) is 39.5 cm³/mol. The van der Waals surface area contributed by atoms with Crippen LogP contribution >= 0.6 is 0 Å². The van der Waals surface area contributed by atoms with Crippen LogP contribution in [0.2, 0.25) is 0 Å². The SMILES string of the molecule is CC(C)C1(NC(N)=O)CC1. The summed E-state index contributed by atoms with van der Waals surface area (Å²) in [5, 5.41) is 2.77. The van der Waals surface area contributed by atoms with Gasteiger partial charge in [-0.05, 0) is 18.8 Å². The van der Waals surface area contributed by atoms with Crippen LogP contribution in [0.4, 0.5) is 4.79 Å². The van der Waals surface area contributed by atoms with Crippen LogP contribution in [-0.4, -0.2) is 11.6 Å². The van der Waals surface area contributed by atoms with Gasteiger partial charge in [0.2, 0.25) is 0 Å². The quantitative estimate of drug-likeness (QED) is 0.590. The van der Waals surface area contributed by atoms with Crippen molar-refractivity contribution in [1.82, 2.24) is 5.32 Å². The van der Waals surface area contributed by atoms with E-state index in [1.807, 2.05) is 0 Å². The molecule has 0 aliphatic heterocycles. The summed E-state index contributed by atoms with van der Waals surface area (Å²) in [6.07, 6.45) is 2.15. The summed E-state index contributed by atoms with van der Waals surface area (Å²) in [5.41, 5.74) is 5.05. The van der Waals surface area contributed by atoms with E-state index in [1.165, 1.54) is 0 Å².